The molecule has 1 aliphatic carbocycles. The summed E-state index contributed by atoms with van der Waals surface area (Å²) >= 11 is 0. The van der Waals surface area contributed by atoms with Gasteiger partial charge in [0, 0.05) is 18.0 Å². The number of rotatable bonds is 2. The minimum Gasteiger partial charge on any atom is -0.364 e. The number of hydrogen-bond acceptors (Lipinski definition) is 3. The monoisotopic (exact) mass is 285 g/mol. The number of primary amides is 1. The number of fused-ring (bicyclic) bond motifs is 1. The number of carbonyl (C=O) groups is 1. The van der Waals surface area contributed by atoms with E-state index >= 15 is 0 Å². The number of nitrogens with zero attached hydrogens (tertiary/aromatic N) is 1. The average Bonchev–Trinajstić information content (AvgIpc) is 2.47. The maximum absolute atomic E-state index is 12.4. The molecule has 0 radical (unpaired) electrons. The van der Waals surface area contributed by atoms with Gasteiger partial charge >= 0.3 is 0 Å². The Hall–Kier alpha value is -2.17. The third-order valence-electron chi connectivity index (χ3n) is 4.45. The molecular formula is C16H19N3O2. The first-order valence-corrected chi connectivity index (χ1v) is 7.38. The van der Waals surface area contributed by atoms with Crippen molar-refractivity contribution in [3.63, 3.8) is 0 Å². The molecule has 1 aliphatic rings. The minimum atomic E-state index is -0.676. The number of amides is 1. The molecule has 5 nitrogen and oxygen atoms in total. The molecule has 5 heteroatoms. The maximum atomic E-state index is 12.4. The quantitative estimate of drug-likeness (QED) is 0.887. The predicted molar refractivity (Wildman–Crippen MR) is 81.3 cm³/mol. The molecule has 1 amide bonds. The Balaban J connectivity index is 2.08. The largest absolute Gasteiger partial charge is 0.364 e. The Kier molecular flexibility index (Phi) is 3.49. The lowest BCUT2D eigenvalue weighted by Crippen LogP contribution is -2.19. The van der Waals surface area contributed by atoms with Crippen LogP contribution >= 0.6 is 0 Å². The highest BCUT2D eigenvalue weighted by Gasteiger charge is 2.22. The number of aromatic nitrogens is 2. The lowest BCUT2D eigenvalue weighted by atomic mass is 9.81. The molecule has 3 rings (SSSR count). The van der Waals surface area contributed by atoms with Gasteiger partial charge in [0.15, 0.2) is 5.43 Å². The van der Waals surface area contributed by atoms with Crippen LogP contribution in [0.15, 0.2) is 23.1 Å². The van der Waals surface area contributed by atoms with E-state index in [0.717, 1.165) is 24.5 Å². The molecule has 0 atom stereocenters. The van der Waals surface area contributed by atoms with Crippen LogP contribution in [0.3, 0.4) is 0 Å². The molecule has 2 heterocycles. The molecular weight excluding hydrogens is 266 g/mol. The van der Waals surface area contributed by atoms with E-state index in [1.54, 1.807) is 12.1 Å². The molecule has 0 aromatic carbocycles. The van der Waals surface area contributed by atoms with Gasteiger partial charge in [-0.3, -0.25) is 14.6 Å². The standard InChI is InChI=1S/C16H19N3O2/c1-9-2-4-10(5-3-9)12-8-13(20)14-11(19-12)6-7-18-15(14)16(17)21/h6-10H,2-5H2,1H3,(H2,17,21)(H,19,20). The third-order valence-corrected chi connectivity index (χ3v) is 4.45. The van der Waals surface area contributed by atoms with Crippen LogP contribution in [0.4, 0.5) is 0 Å². The molecule has 2 aromatic rings. The van der Waals surface area contributed by atoms with Crippen molar-refractivity contribution in [1.82, 2.24) is 9.97 Å². The molecule has 21 heavy (non-hydrogen) atoms. The van der Waals surface area contributed by atoms with Crippen LogP contribution in [0, 0.1) is 5.92 Å². The molecule has 3 N–H and O–H groups in total. The number of carbonyl (C=O) groups excluding carboxylic acids is 1. The van der Waals surface area contributed by atoms with Crippen molar-refractivity contribution in [1.29, 1.82) is 0 Å². The lowest BCUT2D eigenvalue weighted by molar-refractivity contribution is 0.0997. The van der Waals surface area contributed by atoms with Gasteiger partial charge in [-0.2, -0.15) is 0 Å². The van der Waals surface area contributed by atoms with Crippen molar-refractivity contribution in [2.24, 2.45) is 11.7 Å². The summed E-state index contributed by atoms with van der Waals surface area (Å²) in [5.41, 5.74) is 6.75. The second-order valence-corrected chi connectivity index (χ2v) is 5.99. The average molecular weight is 285 g/mol. The van der Waals surface area contributed by atoms with Gasteiger partial charge in [-0.15, -0.1) is 0 Å². The molecule has 0 bridgehead atoms. The van der Waals surface area contributed by atoms with Crippen molar-refractivity contribution in [3.8, 4) is 0 Å². The SMILES string of the molecule is CC1CCC(c2cc(=O)c3c(C(N)=O)nccc3[nH]2)CC1. The van der Waals surface area contributed by atoms with Gasteiger partial charge in [0.2, 0.25) is 0 Å². The Morgan fingerprint density at radius 3 is 2.71 bits per heavy atom. The number of hydrogen-bond donors (Lipinski definition) is 2. The first-order valence-electron chi connectivity index (χ1n) is 7.38. The van der Waals surface area contributed by atoms with Crippen LogP contribution in [0.25, 0.3) is 10.9 Å². The van der Waals surface area contributed by atoms with Gasteiger partial charge in [-0.1, -0.05) is 19.8 Å². The van der Waals surface area contributed by atoms with E-state index in [4.69, 9.17) is 5.73 Å². The fourth-order valence-corrected chi connectivity index (χ4v) is 3.20. The third kappa shape index (κ3) is 2.55. The molecule has 1 saturated carbocycles. The van der Waals surface area contributed by atoms with E-state index in [1.165, 1.54) is 19.0 Å². The normalized spacial score (nSPS) is 22.3. The van der Waals surface area contributed by atoms with Gasteiger partial charge in [-0.05, 0) is 30.7 Å². The van der Waals surface area contributed by atoms with E-state index < -0.39 is 5.91 Å². The molecule has 0 unspecified atom stereocenters. The van der Waals surface area contributed by atoms with E-state index in [0.29, 0.717) is 11.4 Å². The minimum absolute atomic E-state index is 0.0394. The summed E-state index contributed by atoms with van der Waals surface area (Å²) in [5.74, 6) is 0.480. The van der Waals surface area contributed by atoms with Crippen molar-refractivity contribution in [2.45, 2.75) is 38.5 Å². The molecule has 2 aromatic heterocycles. The number of aromatic amines is 1. The summed E-state index contributed by atoms with van der Waals surface area (Å²) in [7, 11) is 0. The summed E-state index contributed by atoms with van der Waals surface area (Å²) in [6.45, 7) is 2.27. The second-order valence-electron chi connectivity index (χ2n) is 5.99. The maximum Gasteiger partial charge on any atom is 0.268 e. The zero-order chi connectivity index (χ0) is 15.0. The first-order chi connectivity index (χ1) is 10.1. The fourth-order valence-electron chi connectivity index (χ4n) is 3.20. The molecule has 1 fully saturated rings. The topological polar surface area (TPSA) is 88.8 Å². The van der Waals surface area contributed by atoms with Gasteiger partial charge in [0.25, 0.3) is 5.91 Å². The van der Waals surface area contributed by atoms with Crippen molar-refractivity contribution >= 4 is 16.8 Å². The van der Waals surface area contributed by atoms with Crippen molar-refractivity contribution in [2.75, 3.05) is 0 Å². The Bertz CT molecular complexity index is 743. The highest BCUT2D eigenvalue weighted by molar-refractivity contribution is 6.03. The van der Waals surface area contributed by atoms with Gasteiger partial charge < -0.3 is 10.7 Å². The van der Waals surface area contributed by atoms with Gasteiger partial charge in [0.1, 0.15) is 5.69 Å². The summed E-state index contributed by atoms with van der Waals surface area (Å²) in [5, 5.41) is 0.290. The van der Waals surface area contributed by atoms with Crippen LogP contribution in [0.1, 0.15) is 54.7 Å². The highest BCUT2D eigenvalue weighted by Crippen LogP contribution is 2.34. The number of nitrogens with one attached hydrogen (secondary N) is 1. The first kappa shape index (κ1) is 13.8. The van der Waals surface area contributed by atoms with Crippen molar-refractivity contribution < 1.29 is 4.79 Å². The Morgan fingerprint density at radius 1 is 1.33 bits per heavy atom. The number of pyridine rings is 2. The zero-order valence-electron chi connectivity index (χ0n) is 12.1. The summed E-state index contributed by atoms with van der Waals surface area (Å²) in [6.07, 6.45) is 6.07. The van der Waals surface area contributed by atoms with Crippen LogP contribution in [-0.2, 0) is 0 Å². The van der Waals surface area contributed by atoms with E-state index in [-0.39, 0.29) is 16.5 Å². The molecule has 110 valence electrons. The van der Waals surface area contributed by atoms with Crippen LogP contribution < -0.4 is 11.2 Å². The molecule has 0 saturated heterocycles. The fraction of sp³-hybridized carbons (Fsp3) is 0.438. The van der Waals surface area contributed by atoms with Gasteiger partial charge in [-0.25, -0.2) is 0 Å². The van der Waals surface area contributed by atoms with E-state index in [9.17, 15) is 9.59 Å². The predicted octanol–water partition coefficient (Wildman–Crippen LogP) is 2.32. The lowest BCUT2D eigenvalue weighted by Gasteiger charge is -2.26. The van der Waals surface area contributed by atoms with E-state index in [1.807, 2.05) is 0 Å². The van der Waals surface area contributed by atoms with Gasteiger partial charge in [0.05, 0.1) is 10.9 Å². The summed E-state index contributed by atoms with van der Waals surface area (Å²) < 4.78 is 0. The highest BCUT2D eigenvalue weighted by atomic mass is 16.1. The number of H-pyrrole nitrogens is 1. The van der Waals surface area contributed by atoms with Crippen LogP contribution in [0.5, 0.6) is 0 Å². The summed E-state index contributed by atoms with van der Waals surface area (Å²) in [4.78, 5) is 31.0. The van der Waals surface area contributed by atoms with Crippen LogP contribution in [0.2, 0.25) is 0 Å². The molecule has 0 spiro atoms. The smallest absolute Gasteiger partial charge is 0.268 e. The Morgan fingerprint density at radius 2 is 2.05 bits per heavy atom. The van der Waals surface area contributed by atoms with Crippen molar-refractivity contribution in [3.05, 3.63) is 39.9 Å². The van der Waals surface area contributed by atoms with E-state index in [2.05, 4.69) is 16.9 Å². The Labute approximate surface area is 122 Å². The number of nitrogens with two attached hydrogens (primary N) is 1. The zero-order valence-corrected chi connectivity index (χ0v) is 12.1. The van der Waals surface area contributed by atoms with Crippen LogP contribution in [-0.4, -0.2) is 15.9 Å². The second kappa shape index (κ2) is 5.31. The molecule has 0 aliphatic heterocycles. The summed E-state index contributed by atoms with van der Waals surface area (Å²) in [6, 6.07) is 3.33.